The number of carbonyl (C=O) groups is 1. The third kappa shape index (κ3) is 2.83. The first-order chi connectivity index (χ1) is 10.0. The Morgan fingerprint density at radius 3 is 1.95 bits per heavy atom. The van der Waals surface area contributed by atoms with Crippen LogP contribution in [0.2, 0.25) is 0 Å². The van der Waals surface area contributed by atoms with Crippen molar-refractivity contribution in [3.05, 3.63) is 47.3 Å². The van der Waals surface area contributed by atoms with Crippen LogP contribution in [0.25, 0.3) is 5.69 Å². The van der Waals surface area contributed by atoms with Crippen molar-refractivity contribution >= 4 is 5.78 Å². The second-order valence-corrected chi connectivity index (χ2v) is 4.37. The first kappa shape index (κ1) is 16.1. The van der Waals surface area contributed by atoms with Crippen LogP contribution in [0.15, 0.2) is 30.3 Å². The second kappa shape index (κ2) is 5.15. The quantitative estimate of drug-likeness (QED) is 0.616. The average Bonchev–Trinajstić information content (AvgIpc) is 2.80. The summed E-state index contributed by atoms with van der Waals surface area (Å²) in [4.78, 5) is 11.4. The van der Waals surface area contributed by atoms with E-state index in [1.165, 1.54) is 18.2 Å². The van der Waals surface area contributed by atoms with Crippen LogP contribution in [0, 0.1) is 0 Å². The van der Waals surface area contributed by atoms with Gasteiger partial charge in [0.2, 0.25) is 0 Å². The van der Waals surface area contributed by atoms with Crippen LogP contribution in [0.1, 0.15) is 28.7 Å². The van der Waals surface area contributed by atoms with Crippen molar-refractivity contribution in [1.82, 2.24) is 9.78 Å². The number of ketones is 1. The molecule has 22 heavy (non-hydrogen) atoms. The van der Waals surface area contributed by atoms with E-state index in [1.54, 1.807) is 0 Å². The Bertz CT molecular complexity index is 700. The van der Waals surface area contributed by atoms with Crippen molar-refractivity contribution in [3.8, 4) is 5.69 Å². The van der Waals surface area contributed by atoms with Crippen LogP contribution in [-0.4, -0.2) is 15.6 Å². The summed E-state index contributed by atoms with van der Waals surface area (Å²) in [5.74, 6) is -1.36. The minimum absolute atomic E-state index is 0.0968. The highest BCUT2D eigenvalue weighted by Gasteiger charge is 2.48. The van der Waals surface area contributed by atoms with E-state index in [0.29, 0.717) is 6.92 Å². The highest BCUT2D eigenvalue weighted by Crippen LogP contribution is 2.40. The van der Waals surface area contributed by atoms with Gasteiger partial charge in [-0.05, 0) is 19.1 Å². The van der Waals surface area contributed by atoms with E-state index < -0.39 is 35.1 Å². The first-order valence-corrected chi connectivity index (χ1v) is 5.87. The molecule has 2 rings (SSSR count). The zero-order valence-electron chi connectivity index (χ0n) is 11.0. The number of benzene rings is 1. The smallest absolute Gasteiger partial charge is 0.294 e. The van der Waals surface area contributed by atoms with Crippen LogP contribution in [-0.2, 0) is 12.4 Å². The molecule has 0 bridgehead atoms. The van der Waals surface area contributed by atoms with Gasteiger partial charge in [0.1, 0.15) is 0 Å². The number of para-hydroxylation sites is 1. The summed E-state index contributed by atoms with van der Waals surface area (Å²) in [7, 11) is 0. The Hall–Kier alpha value is -2.32. The van der Waals surface area contributed by atoms with Crippen molar-refractivity contribution in [1.29, 1.82) is 0 Å². The summed E-state index contributed by atoms with van der Waals surface area (Å²) in [5.41, 5.74) is -5.30. The molecule has 2 aromatic rings. The molecular formula is C13H8F6N2O. The Kier molecular flexibility index (Phi) is 3.76. The molecule has 0 N–H and O–H groups in total. The number of halogens is 6. The molecule has 0 radical (unpaired) electrons. The summed E-state index contributed by atoms with van der Waals surface area (Å²) in [6.07, 6.45) is -10.4. The first-order valence-electron chi connectivity index (χ1n) is 5.87. The number of nitrogens with zero attached hydrogens (tertiary/aromatic N) is 2. The number of aromatic nitrogens is 2. The normalized spacial score (nSPS) is 12.5. The zero-order chi connectivity index (χ0) is 16.7. The van der Waals surface area contributed by atoms with Crippen LogP contribution in [0.4, 0.5) is 26.3 Å². The number of Topliss-reactive ketones (excluding diaryl/α,β-unsaturated/α-hetero) is 1. The molecule has 0 unspecified atom stereocenters. The van der Waals surface area contributed by atoms with Crippen molar-refractivity contribution < 1.29 is 31.1 Å². The monoisotopic (exact) mass is 322 g/mol. The third-order valence-electron chi connectivity index (χ3n) is 2.78. The molecule has 0 saturated carbocycles. The van der Waals surface area contributed by atoms with Gasteiger partial charge in [-0.3, -0.25) is 4.79 Å². The largest absolute Gasteiger partial charge is 0.435 e. The standard InChI is InChI=1S/C13H8F6N2O/c1-7(22)9-10(12(14,15)16)20-21(11(9)13(17,18)19)8-5-3-2-4-6-8/h2-6H,1H3. The Morgan fingerprint density at radius 2 is 1.55 bits per heavy atom. The highest BCUT2D eigenvalue weighted by atomic mass is 19.4. The van der Waals surface area contributed by atoms with Crippen LogP contribution < -0.4 is 0 Å². The lowest BCUT2D eigenvalue weighted by molar-refractivity contribution is -0.144. The Morgan fingerprint density at radius 1 is 1.00 bits per heavy atom. The number of alkyl halides is 6. The lowest BCUT2D eigenvalue weighted by Crippen LogP contribution is -2.17. The molecule has 1 aromatic heterocycles. The fourth-order valence-electron chi connectivity index (χ4n) is 1.97. The molecule has 0 aliphatic rings. The van der Waals surface area contributed by atoms with Crippen molar-refractivity contribution in [3.63, 3.8) is 0 Å². The fourth-order valence-corrected chi connectivity index (χ4v) is 1.97. The van der Waals surface area contributed by atoms with E-state index in [9.17, 15) is 31.1 Å². The molecule has 0 saturated heterocycles. The number of hydrogen-bond acceptors (Lipinski definition) is 2. The summed E-state index contributed by atoms with van der Waals surface area (Å²) in [5, 5.41) is 2.99. The minimum Gasteiger partial charge on any atom is -0.294 e. The van der Waals surface area contributed by atoms with Crippen LogP contribution in [0.3, 0.4) is 0 Å². The lowest BCUT2D eigenvalue weighted by Gasteiger charge is -2.11. The van der Waals surface area contributed by atoms with E-state index in [-0.39, 0.29) is 10.4 Å². The summed E-state index contributed by atoms with van der Waals surface area (Å²) in [6, 6.07) is 6.49. The maximum Gasteiger partial charge on any atom is 0.435 e. The molecule has 3 nitrogen and oxygen atoms in total. The number of hydrogen-bond donors (Lipinski definition) is 0. The van der Waals surface area contributed by atoms with Gasteiger partial charge >= 0.3 is 12.4 Å². The van der Waals surface area contributed by atoms with Crippen LogP contribution >= 0.6 is 0 Å². The van der Waals surface area contributed by atoms with Gasteiger partial charge in [0.15, 0.2) is 17.2 Å². The van der Waals surface area contributed by atoms with Gasteiger partial charge in [0.05, 0.1) is 11.3 Å². The average molecular weight is 322 g/mol. The SMILES string of the molecule is CC(=O)c1c(C(F)(F)F)nn(-c2ccccc2)c1C(F)(F)F. The molecule has 0 fully saturated rings. The van der Waals surface area contributed by atoms with Gasteiger partial charge in [-0.15, -0.1) is 0 Å². The predicted octanol–water partition coefficient (Wildman–Crippen LogP) is 4.11. The Labute approximate surface area is 120 Å². The molecule has 1 heterocycles. The van der Waals surface area contributed by atoms with Crippen molar-refractivity contribution in [2.24, 2.45) is 0 Å². The predicted molar refractivity (Wildman–Crippen MR) is 63.6 cm³/mol. The van der Waals surface area contributed by atoms with E-state index >= 15 is 0 Å². The topological polar surface area (TPSA) is 34.9 Å². The fraction of sp³-hybridized carbons (Fsp3) is 0.231. The summed E-state index contributed by atoms with van der Waals surface area (Å²) in [6.45, 7) is 0.636. The maximum atomic E-state index is 13.2. The van der Waals surface area contributed by atoms with E-state index in [1.807, 2.05) is 0 Å². The number of rotatable bonds is 2. The van der Waals surface area contributed by atoms with Gasteiger partial charge in [-0.1, -0.05) is 18.2 Å². The van der Waals surface area contributed by atoms with E-state index in [2.05, 4.69) is 5.10 Å². The summed E-state index contributed by atoms with van der Waals surface area (Å²) >= 11 is 0. The van der Waals surface area contributed by atoms with E-state index in [4.69, 9.17) is 0 Å². The second-order valence-electron chi connectivity index (χ2n) is 4.37. The number of carbonyl (C=O) groups excluding carboxylic acids is 1. The molecule has 0 amide bonds. The molecule has 1 aromatic carbocycles. The maximum absolute atomic E-state index is 13.2. The molecule has 0 atom stereocenters. The van der Waals surface area contributed by atoms with Crippen molar-refractivity contribution in [2.45, 2.75) is 19.3 Å². The lowest BCUT2D eigenvalue weighted by atomic mass is 10.1. The zero-order valence-corrected chi connectivity index (χ0v) is 11.0. The van der Waals surface area contributed by atoms with E-state index in [0.717, 1.165) is 12.1 Å². The Balaban J connectivity index is 2.88. The summed E-state index contributed by atoms with van der Waals surface area (Å²) < 4.78 is 78.4. The van der Waals surface area contributed by atoms with Gasteiger partial charge in [-0.2, -0.15) is 31.4 Å². The van der Waals surface area contributed by atoms with Gasteiger partial charge < -0.3 is 0 Å². The molecule has 0 spiro atoms. The highest BCUT2D eigenvalue weighted by molar-refractivity contribution is 5.97. The minimum atomic E-state index is -5.18. The molecule has 0 aliphatic heterocycles. The van der Waals surface area contributed by atoms with Gasteiger partial charge in [0, 0.05) is 0 Å². The molecule has 118 valence electrons. The third-order valence-corrected chi connectivity index (χ3v) is 2.78. The van der Waals surface area contributed by atoms with Gasteiger partial charge in [0.25, 0.3) is 0 Å². The van der Waals surface area contributed by atoms with Gasteiger partial charge in [-0.25, -0.2) is 4.68 Å². The van der Waals surface area contributed by atoms with Crippen LogP contribution in [0.5, 0.6) is 0 Å². The molecule has 0 aliphatic carbocycles. The molecular weight excluding hydrogens is 314 g/mol. The van der Waals surface area contributed by atoms with Crippen molar-refractivity contribution in [2.75, 3.05) is 0 Å². The molecule has 9 heteroatoms.